The molecule has 1 aromatic carbocycles. The van der Waals surface area contributed by atoms with Crippen LogP contribution in [0.2, 0.25) is 0 Å². The molecule has 126 valence electrons. The first-order valence-corrected chi connectivity index (χ1v) is 7.98. The van der Waals surface area contributed by atoms with Crippen LogP contribution in [0.1, 0.15) is 40.8 Å². The van der Waals surface area contributed by atoms with Crippen molar-refractivity contribution in [3.8, 4) is 0 Å². The number of rotatable bonds is 3. The second-order valence-electron chi connectivity index (χ2n) is 6.02. The second kappa shape index (κ2) is 5.66. The Morgan fingerprint density at radius 3 is 2.80 bits per heavy atom. The van der Waals surface area contributed by atoms with Gasteiger partial charge in [0.05, 0.1) is 17.1 Å². The Kier molecular flexibility index (Phi) is 3.45. The summed E-state index contributed by atoms with van der Waals surface area (Å²) in [7, 11) is 0. The van der Waals surface area contributed by atoms with Crippen molar-refractivity contribution >= 4 is 22.7 Å². The number of aryl methyl sites for hydroxylation is 2. The summed E-state index contributed by atoms with van der Waals surface area (Å²) in [5, 5.41) is 7.11. The van der Waals surface area contributed by atoms with Gasteiger partial charge in [-0.3, -0.25) is 4.79 Å². The summed E-state index contributed by atoms with van der Waals surface area (Å²) in [4.78, 5) is 28.7. The Morgan fingerprint density at radius 1 is 1.20 bits per heavy atom. The molecule has 0 saturated heterocycles. The molecule has 0 fully saturated rings. The minimum Gasteiger partial charge on any atom is -0.340 e. The number of carbonyl (C=O) groups is 1. The number of hydrogen-bond acceptors (Lipinski definition) is 5. The van der Waals surface area contributed by atoms with Crippen molar-refractivity contribution in [2.24, 2.45) is 0 Å². The summed E-state index contributed by atoms with van der Waals surface area (Å²) in [6, 6.07) is 9.31. The molecule has 1 unspecified atom stereocenters. The zero-order valence-corrected chi connectivity index (χ0v) is 14.1. The molecule has 0 bridgehead atoms. The Hall–Kier alpha value is -3.29. The minimum atomic E-state index is -0.365. The molecule has 3 aromatic heterocycles. The Bertz CT molecular complexity index is 1060. The fourth-order valence-electron chi connectivity index (χ4n) is 2.77. The number of fused-ring (bicyclic) bond motifs is 2. The second-order valence-corrected chi connectivity index (χ2v) is 6.02. The van der Waals surface area contributed by atoms with Gasteiger partial charge < -0.3 is 10.3 Å². The molecule has 4 aromatic rings. The maximum atomic E-state index is 12.5. The lowest BCUT2D eigenvalue weighted by atomic mass is 10.3. The van der Waals surface area contributed by atoms with Crippen LogP contribution in [-0.2, 0) is 0 Å². The first-order chi connectivity index (χ1) is 12.0. The Labute approximate surface area is 143 Å². The van der Waals surface area contributed by atoms with E-state index in [-0.39, 0.29) is 17.8 Å². The molecular formula is C17H17N7O. The van der Waals surface area contributed by atoms with Crippen LogP contribution in [0.5, 0.6) is 0 Å². The van der Waals surface area contributed by atoms with Gasteiger partial charge in [0, 0.05) is 11.4 Å². The number of nitrogens with zero attached hydrogens (tertiary/aromatic N) is 5. The van der Waals surface area contributed by atoms with E-state index in [4.69, 9.17) is 0 Å². The molecule has 0 aliphatic carbocycles. The molecule has 25 heavy (non-hydrogen) atoms. The maximum Gasteiger partial charge on any atom is 0.291 e. The standard InChI is InChI=1S/C17H17N7O/c1-9-8-10(2)24-17(18-9)22-15(23-24)16(25)19-11(3)14-20-12-6-4-5-7-13(12)21-14/h4-8,11H,1-3H3,(H,19,25)(H,20,21). The number of imidazole rings is 1. The Morgan fingerprint density at radius 2 is 2.00 bits per heavy atom. The molecule has 0 radical (unpaired) electrons. The smallest absolute Gasteiger partial charge is 0.291 e. The lowest BCUT2D eigenvalue weighted by Gasteiger charge is -2.09. The third-order valence-electron chi connectivity index (χ3n) is 3.99. The fourth-order valence-corrected chi connectivity index (χ4v) is 2.77. The first kappa shape index (κ1) is 15.3. The van der Waals surface area contributed by atoms with Crippen LogP contribution in [0.4, 0.5) is 0 Å². The number of hydrogen-bond donors (Lipinski definition) is 2. The lowest BCUT2D eigenvalue weighted by Crippen LogP contribution is -2.28. The lowest BCUT2D eigenvalue weighted by molar-refractivity contribution is 0.0928. The normalized spacial score (nSPS) is 12.6. The summed E-state index contributed by atoms with van der Waals surface area (Å²) in [6.45, 7) is 5.64. The molecule has 0 saturated carbocycles. The van der Waals surface area contributed by atoms with Gasteiger partial charge in [-0.05, 0) is 39.0 Å². The first-order valence-electron chi connectivity index (χ1n) is 7.98. The summed E-state index contributed by atoms with van der Waals surface area (Å²) in [5.41, 5.74) is 3.50. The van der Waals surface area contributed by atoms with E-state index in [9.17, 15) is 4.79 Å². The minimum absolute atomic E-state index is 0.0872. The number of para-hydroxylation sites is 2. The van der Waals surface area contributed by atoms with E-state index in [1.165, 1.54) is 0 Å². The van der Waals surface area contributed by atoms with Gasteiger partial charge in [-0.25, -0.2) is 14.5 Å². The van der Waals surface area contributed by atoms with Crippen molar-refractivity contribution in [2.45, 2.75) is 26.8 Å². The monoisotopic (exact) mass is 335 g/mol. The van der Waals surface area contributed by atoms with Gasteiger partial charge in [-0.1, -0.05) is 12.1 Å². The highest BCUT2D eigenvalue weighted by Crippen LogP contribution is 2.16. The highest BCUT2D eigenvalue weighted by molar-refractivity contribution is 5.91. The third-order valence-corrected chi connectivity index (χ3v) is 3.99. The number of amides is 1. The molecular weight excluding hydrogens is 318 g/mol. The largest absolute Gasteiger partial charge is 0.340 e. The molecule has 1 amide bonds. The molecule has 8 nitrogen and oxygen atoms in total. The number of H-pyrrole nitrogens is 1. The average Bonchev–Trinajstić information content (AvgIpc) is 3.18. The van der Waals surface area contributed by atoms with Crippen LogP contribution in [0.3, 0.4) is 0 Å². The van der Waals surface area contributed by atoms with Gasteiger partial charge in [-0.15, -0.1) is 5.10 Å². The quantitative estimate of drug-likeness (QED) is 0.597. The van der Waals surface area contributed by atoms with Crippen LogP contribution in [0, 0.1) is 13.8 Å². The molecule has 0 aliphatic rings. The molecule has 0 aliphatic heterocycles. The van der Waals surface area contributed by atoms with Crippen LogP contribution < -0.4 is 5.32 Å². The summed E-state index contributed by atoms with van der Waals surface area (Å²) in [6.07, 6.45) is 0. The van der Waals surface area contributed by atoms with Crippen molar-refractivity contribution in [1.82, 2.24) is 34.9 Å². The summed E-state index contributed by atoms with van der Waals surface area (Å²) < 4.78 is 1.56. The Balaban J connectivity index is 1.59. The van der Waals surface area contributed by atoms with E-state index >= 15 is 0 Å². The fraction of sp³-hybridized carbons (Fsp3) is 0.235. The van der Waals surface area contributed by atoms with Crippen molar-refractivity contribution < 1.29 is 4.79 Å². The van der Waals surface area contributed by atoms with Crippen LogP contribution >= 0.6 is 0 Å². The number of benzene rings is 1. The summed E-state index contributed by atoms with van der Waals surface area (Å²) in [5.74, 6) is 0.821. The predicted octanol–water partition coefficient (Wildman–Crippen LogP) is 2.11. The maximum absolute atomic E-state index is 12.5. The highest BCUT2D eigenvalue weighted by atomic mass is 16.2. The van der Waals surface area contributed by atoms with Gasteiger partial charge in [-0.2, -0.15) is 4.98 Å². The van der Waals surface area contributed by atoms with E-state index in [0.29, 0.717) is 11.6 Å². The molecule has 1 atom stereocenters. The van der Waals surface area contributed by atoms with Gasteiger partial charge in [0.15, 0.2) is 0 Å². The van der Waals surface area contributed by atoms with E-state index in [2.05, 4.69) is 30.4 Å². The van der Waals surface area contributed by atoms with Gasteiger partial charge >= 0.3 is 0 Å². The number of aromatic amines is 1. The van der Waals surface area contributed by atoms with Crippen molar-refractivity contribution in [1.29, 1.82) is 0 Å². The van der Waals surface area contributed by atoms with Crippen molar-refractivity contribution in [3.63, 3.8) is 0 Å². The van der Waals surface area contributed by atoms with E-state index in [1.54, 1.807) is 4.52 Å². The molecule has 8 heteroatoms. The summed E-state index contributed by atoms with van der Waals surface area (Å²) >= 11 is 0. The number of nitrogens with one attached hydrogen (secondary N) is 2. The predicted molar refractivity (Wildman–Crippen MR) is 92.2 cm³/mol. The molecule has 4 rings (SSSR count). The van der Waals surface area contributed by atoms with E-state index in [1.807, 2.05) is 51.1 Å². The third kappa shape index (κ3) is 2.71. The van der Waals surface area contributed by atoms with Crippen LogP contribution in [0.15, 0.2) is 30.3 Å². The SMILES string of the molecule is Cc1cc(C)n2nc(C(=O)NC(C)c3nc4ccccc4[nH]3)nc2n1. The van der Waals surface area contributed by atoms with E-state index in [0.717, 1.165) is 22.4 Å². The number of carbonyl (C=O) groups excluding carboxylic acids is 1. The highest BCUT2D eigenvalue weighted by Gasteiger charge is 2.19. The van der Waals surface area contributed by atoms with Crippen LogP contribution in [0.25, 0.3) is 16.8 Å². The van der Waals surface area contributed by atoms with Crippen molar-refractivity contribution in [3.05, 3.63) is 53.4 Å². The molecule has 3 heterocycles. The zero-order valence-electron chi connectivity index (χ0n) is 14.1. The van der Waals surface area contributed by atoms with Crippen molar-refractivity contribution in [2.75, 3.05) is 0 Å². The van der Waals surface area contributed by atoms with Gasteiger partial charge in [0.1, 0.15) is 5.82 Å². The topological polar surface area (TPSA) is 101 Å². The zero-order chi connectivity index (χ0) is 17.6. The van der Waals surface area contributed by atoms with E-state index < -0.39 is 0 Å². The molecule has 0 spiro atoms. The van der Waals surface area contributed by atoms with Crippen LogP contribution in [-0.4, -0.2) is 35.5 Å². The number of aromatic nitrogens is 6. The van der Waals surface area contributed by atoms with Gasteiger partial charge in [0.25, 0.3) is 11.7 Å². The van der Waals surface area contributed by atoms with Gasteiger partial charge in [0.2, 0.25) is 5.82 Å². The average molecular weight is 335 g/mol. The molecule has 2 N–H and O–H groups in total.